The molecule has 10 heteroatoms. The van der Waals surface area contributed by atoms with E-state index >= 15 is 0 Å². The minimum Gasteiger partial charge on any atom is -0.403 e. The number of nitrogens with zero attached hydrogens (tertiary/aromatic N) is 5. The molecule has 10 nitrogen and oxygen atoms in total. The van der Waals surface area contributed by atoms with Crippen LogP contribution in [0.3, 0.4) is 0 Å². The number of carbonyl (C=O) groups excluding carboxylic acids is 1. The monoisotopic (exact) mass is 575 g/mol. The molecule has 2 atom stereocenters. The van der Waals surface area contributed by atoms with E-state index in [-0.39, 0.29) is 12.1 Å². The van der Waals surface area contributed by atoms with Crippen LogP contribution in [0.1, 0.15) is 63.3 Å². The van der Waals surface area contributed by atoms with Crippen molar-refractivity contribution >= 4 is 17.1 Å². The maximum atomic E-state index is 12.8. The highest BCUT2D eigenvalue weighted by Crippen LogP contribution is 2.34. The summed E-state index contributed by atoms with van der Waals surface area (Å²) in [4.78, 5) is 40.1. The average molecular weight is 576 g/mol. The average Bonchev–Trinajstić information content (AvgIpc) is 3.82. The standard InChI is InChI=1S/C33H35N8O2/c1-33(2,3)43-32(42)41-15-5-7-28(41)31-38-24-13-12-22(16-26(24)39-31)23-17-35-29(36-18-23)21-10-8-20(9-11-21)27-19-37-30(40-27)25-6-4-14-34-25/h8-13,16-19,25,28,34H,1,4-7,14-15H2,2-3H3,(H,37,40)(H,38,39)/q+1. The van der Waals surface area contributed by atoms with Crippen LogP contribution in [0.5, 0.6) is 0 Å². The number of carbonyl (C=O) groups is 1. The molecule has 2 saturated heterocycles. The Morgan fingerprint density at radius 2 is 1.67 bits per heavy atom. The lowest BCUT2D eigenvalue weighted by molar-refractivity contribution is 0.0361. The fourth-order valence-corrected chi connectivity index (χ4v) is 5.93. The van der Waals surface area contributed by atoms with Crippen LogP contribution in [0.25, 0.3) is 44.8 Å². The van der Waals surface area contributed by atoms with Crippen molar-refractivity contribution in [2.24, 2.45) is 0 Å². The molecule has 0 bridgehead atoms. The maximum Gasteiger partial charge on any atom is 0.414 e. The van der Waals surface area contributed by atoms with Crippen LogP contribution in [-0.4, -0.2) is 59.6 Å². The summed E-state index contributed by atoms with van der Waals surface area (Å²) in [6, 6.07) is 14.4. The van der Waals surface area contributed by atoms with Gasteiger partial charge in [-0.05, 0) is 55.5 Å². The SMILES string of the molecule is [CH2+]C(C)(C)OC(=O)N1CCCC1c1nc2ccc(-c3cnc(-c4ccc(-c5cnc(C6CCCN6)[nH]5)cc4)nc3)cc2[nH]1. The van der Waals surface area contributed by atoms with Gasteiger partial charge in [0.1, 0.15) is 18.6 Å². The van der Waals surface area contributed by atoms with E-state index < -0.39 is 5.60 Å². The van der Waals surface area contributed by atoms with Crippen LogP contribution in [0.4, 0.5) is 4.79 Å². The second-order valence-corrected chi connectivity index (χ2v) is 12.0. The van der Waals surface area contributed by atoms with Crippen LogP contribution in [0, 0.1) is 6.92 Å². The highest BCUT2D eigenvalue weighted by atomic mass is 16.6. The van der Waals surface area contributed by atoms with Gasteiger partial charge in [-0.25, -0.2) is 24.7 Å². The molecule has 0 spiro atoms. The quantitative estimate of drug-likeness (QED) is 0.200. The molecule has 3 aromatic heterocycles. The van der Waals surface area contributed by atoms with Crippen molar-refractivity contribution in [3.05, 3.63) is 79.6 Å². The highest BCUT2D eigenvalue weighted by molar-refractivity contribution is 5.82. The normalized spacial score (nSPS) is 18.9. The summed E-state index contributed by atoms with van der Waals surface area (Å²) in [5, 5.41) is 3.48. The Bertz CT molecular complexity index is 1740. The van der Waals surface area contributed by atoms with Crippen molar-refractivity contribution in [3.63, 3.8) is 0 Å². The molecular formula is C33H35N8O2+. The summed E-state index contributed by atoms with van der Waals surface area (Å²) in [5.74, 6) is 2.43. The smallest absolute Gasteiger partial charge is 0.403 e. The Morgan fingerprint density at radius 3 is 2.42 bits per heavy atom. The predicted octanol–water partition coefficient (Wildman–Crippen LogP) is 6.39. The maximum absolute atomic E-state index is 12.8. The Morgan fingerprint density at radius 1 is 0.907 bits per heavy atom. The van der Waals surface area contributed by atoms with Gasteiger partial charge in [0.05, 0.1) is 35.0 Å². The van der Waals surface area contributed by atoms with E-state index in [0.717, 1.165) is 76.4 Å². The highest BCUT2D eigenvalue weighted by Gasteiger charge is 2.36. The molecule has 2 aromatic carbocycles. The first-order valence-corrected chi connectivity index (χ1v) is 14.9. The molecule has 2 aliphatic rings. The van der Waals surface area contributed by atoms with Crippen molar-refractivity contribution in [1.82, 2.24) is 40.1 Å². The number of benzene rings is 2. The van der Waals surface area contributed by atoms with Crippen LogP contribution in [-0.2, 0) is 4.74 Å². The molecule has 0 saturated carbocycles. The fraction of sp³-hybridized carbons (Fsp3) is 0.333. The fourth-order valence-electron chi connectivity index (χ4n) is 5.93. The zero-order valence-electron chi connectivity index (χ0n) is 24.4. The Balaban J connectivity index is 1.06. The third-order valence-electron chi connectivity index (χ3n) is 8.09. The molecule has 43 heavy (non-hydrogen) atoms. The van der Waals surface area contributed by atoms with Gasteiger partial charge in [0, 0.05) is 43.9 Å². The van der Waals surface area contributed by atoms with Gasteiger partial charge in [-0.1, -0.05) is 30.3 Å². The number of aromatic nitrogens is 6. The molecule has 3 N–H and O–H groups in total. The third-order valence-corrected chi connectivity index (χ3v) is 8.09. The number of hydrogen-bond acceptors (Lipinski definition) is 7. The number of likely N-dealkylation sites (tertiary alicyclic amines) is 1. The lowest BCUT2D eigenvalue weighted by Crippen LogP contribution is -2.36. The van der Waals surface area contributed by atoms with Crippen LogP contribution in [0.2, 0.25) is 0 Å². The van der Waals surface area contributed by atoms with Gasteiger partial charge in [0.2, 0.25) is 5.60 Å². The largest absolute Gasteiger partial charge is 0.414 e. The number of imidazole rings is 2. The third kappa shape index (κ3) is 5.58. The number of H-pyrrole nitrogens is 2. The number of hydrogen-bond donors (Lipinski definition) is 3. The lowest BCUT2D eigenvalue weighted by Gasteiger charge is -2.24. The first kappa shape index (κ1) is 27.2. The second kappa shape index (κ2) is 10.9. The summed E-state index contributed by atoms with van der Waals surface area (Å²) < 4.78 is 5.52. The first-order valence-electron chi connectivity index (χ1n) is 14.9. The van der Waals surface area contributed by atoms with Gasteiger partial charge in [-0.2, -0.15) is 0 Å². The zero-order valence-corrected chi connectivity index (χ0v) is 24.4. The number of nitrogens with one attached hydrogen (secondary N) is 3. The van der Waals surface area contributed by atoms with E-state index in [1.807, 2.05) is 42.9 Å². The molecular weight excluding hydrogens is 540 g/mol. The van der Waals surface area contributed by atoms with E-state index in [1.54, 1.807) is 18.7 Å². The Kier molecular flexibility index (Phi) is 6.85. The van der Waals surface area contributed by atoms with Crippen molar-refractivity contribution in [1.29, 1.82) is 0 Å². The zero-order chi connectivity index (χ0) is 29.6. The van der Waals surface area contributed by atoms with Crippen molar-refractivity contribution < 1.29 is 9.53 Å². The molecule has 218 valence electrons. The molecule has 5 aromatic rings. The second-order valence-electron chi connectivity index (χ2n) is 12.0. The molecule has 0 radical (unpaired) electrons. The summed E-state index contributed by atoms with van der Waals surface area (Å²) >= 11 is 0. The summed E-state index contributed by atoms with van der Waals surface area (Å²) in [6.45, 7) is 9.12. The molecule has 1 amide bonds. The van der Waals surface area contributed by atoms with Gasteiger partial charge >= 0.3 is 6.09 Å². The van der Waals surface area contributed by atoms with Gasteiger partial charge < -0.3 is 20.0 Å². The van der Waals surface area contributed by atoms with Gasteiger partial charge in [0.15, 0.2) is 5.82 Å². The number of fused-ring (bicyclic) bond motifs is 1. The molecule has 2 unspecified atom stereocenters. The predicted molar refractivity (Wildman–Crippen MR) is 165 cm³/mol. The van der Waals surface area contributed by atoms with E-state index in [4.69, 9.17) is 9.72 Å². The Hall–Kier alpha value is -4.70. The van der Waals surface area contributed by atoms with E-state index in [0.29, 0.717) is 18.4 Å². The van der Waals surface area contributed by atoms with Gasteiger partial charge in [0.25, 0.3) is 0 Å². The van der Waals surface area contributed by atoms with E-state index in [9.17, 15) is 4.79 Å². The topological polar surface area (TPSA) is 125 Å². The van der Waals surface area contributed by atoms with Crippen LogP contribution < -0.4 is 5.32 Å². The molecule has 5 heterocycles. The molecule has 2 aliphatic heterocycles. The molecule has 7 rings (SSSR count). The van der Waals surface area contributed by atoms with E-state index in [1.165, 1.54) is 6.42 Å². The number of rotatable bonds is 6. The van der Waals surface area contributed by atoms with Gasteiger partial charge in [-0.15, -0.1) is 0 Å². The van der Waals surface area contributed by atoms with Crippen molar-refractivity contribution in [2.45, 2.75) is 57.2 Å². The van der Waals surface area contributed by atoms with Crippen LogP contribution in [0.15, 0.2) is 61.1 Å². The number of ether oxygens (including phenoxy) is 1. The van der Waals surface area contributed by atoms with Crippen LogP contribution >= 0.6 is 0 Å². The van der Waals surface area contributed by atoms with Crippen molar-refractivity contribution in [2.75, 3.05) is 13.1 Å². The lowest BCUT2D eigenvalue weighted by atomic mass is 10.1. The van der Waals surface area contributed by atoms with Gasteiger partial charge in [-0.3, -0.25) is 4.90 Å². The molecule has 2 fully saturated rings. The Labute approximate surface area is 250 Å². The minimum absolute atomic E-state index is 0.153. The summed E-state index contributed by atoms with van der Waals surface area (Å²) in [6.07, 6.45) is 9.26. The van der Waals surface area contributed by atoms with Crippen molar-refractivity contribution in [3.8, 4) is 33.8 Å². The van der Waals surface area contributed by atoms with E-state index in [2.05, 4.69) is 55.4 Å². The molecule has 0 aliphatic carbocycles. The minimum atomic E-state index is -0.787. The summed E-state index contributed by atoms with van der Waals surface area (Å²) in [7, 11) is 0. The summed E-state index contributed by atoms with van der Waals surface area (Å²) in [5.41, 5.74) is 5.88. The number of amides is 1. The first-order chi connectivity index (χ1) is 20.8. The number of aromatic amines is 2.